The lowest BCUT2D eigenvalue weighted by Crippen LogP contribution is -2.30. The monoisotopic (exact) mass is 414 g/mol. The van der Waals surface area contributed by atoms with E-state index in [1.54, 1.807) is 29.0 Å². The summed E-state index contributed by atoms with van der Waals surface area (Å²) in [5.74, 6) is 0.571. The largest absolute Gasteiger partial charge is 0.467 e. The Morgan fingerprint density at radius 2 is 2.04 bits per heavy atom. The zero-order chi connectivity index (χ0) is 18.8. The first-order chi connectivity index (χ1) is 13.2. The van der Waals surface area contributed by atoms with Crippen LogP contribution in [0.25, 0.3) is 10.2 Å². The van der Waals surface area contributed by atoms with Crippen LogP contribution in [0.2, 0.25) is 5.02 Å². The molecule has 4 nitrogen and oxygen atoms in total. The fourth-order valence-corrected chi connectivity index (χ4v) is 4.62. The molecule has 2 heterocycles. The van der Waals surface area contributed by atoms with E-state index in [1.165, 1.54) is 11.3 Å². The molecule has 0 atom stereocenters. The molecule has 0 unspecified atom stereocenters. The number of para-hydroxylation sites is 1. The number of halogens is 1. The maximum Gasteiger partial charge on any atom is 0.261 e. The Labute approximate surface area is 169 Å². The maximum absolute atomic E-state index is 13.4. The number of thioether (sulfide) groups is 1. The molecule has 27 heavy (non-hydrogen) atoms. The van der Waals surface area contributed by atoms with E-state index < -0.39 is 0 Å². The number of benzene rings is 2. The van der Waals surface area contributed by atoms with Crippen molar-refractivity contribution in [3.8, 4) is 0 Å². The van der Waals surface area contributed by atoms with Crippen LogP contribution in [0, 0.1) is 0 Å². The number of nitrogens with zero attached hydrogens (tertiary/aromatic N) is 2. The normalized spacial score (nSPS) is 11.0. The van der Waals surface area contributed by atoms with Gasteiger partial charge in [0.1, 0.15) is 11.3 Å². The number of carbonyl (C=O) groups is 1. The zero-order valence-corrected chi connectivity index (χ0v) is 16.8. The van der Waals surface area contributed by atoms with Gasteiger partial charge in [-0.3, -0.25) is 9.69 Å². The Morgan fingerprint density at radius 3 is 2.78 bits per heavy atom. The Morgan fingerprint density at radius 1 is 1.19 bits per heavy atom. The van der Waals surface area contributed by atoms with Crippen molar-refractivity contribution in [3.63, 3.8) is 0 Å². The van der Waals surface area contributed by atoms with Gasteiger partial charge in [0.15, 0.2) is 5.13 Å². The molecule has 0 aliphatic heterocycles. The molecule has 0 aliphatic carbocycles. The van der Waals surface area contributed by atoms with Crippen LogP contribution in [0.5, 0.6) is 0 Å². The minimum Gasteiger partial charge on any atom is -0.467 e. The summed E-state index contributed by atoms with van der Waals surface area (Å²) in [7, 11) is 0. The number of aromatic nitrogens is 1. The van der Waals surface area contributed by atoms with Gasteiger partial charge in [-0.25, -0.2) is 4.98 Å². The Bertz CT molecular complexity index is 1090. The third-order valence-corrected chi connectivity index (χ3v) is 6.21. The third kappa shape index (κ3) is 3.60. The van der Waals surface area contributed by atoms with Crippen LogP contribution in [0.1, 0.15) is 16.1 Å². The van der Waals surface area contributed by atoms with E-state index in [4.69, 9.17) is 16.0 Å². The third-order valence-electron chi connectivity index (χ3n) is 4.07. The number of amides is 1. The van der Waals surface area contributed by atoms with E-state index in [2.05, 4.69) is 4.98 Å². The van der Waals surface area contributed by atoms with Gasteiger partial charge in [0.2, 0.25) is 0 Å². The van der Waals surface area contributed by atoms with Crippen LogP contribution in [0.3, 0.4) is 0 Å². The van der Waals surface area contributed by atoms with Crippen LogP contribution in [0.15, 0.2) is 70.2 Å². The summed E-state index contributed by atoms with van der Waals surface area (Å²) in [5, 5.41) is 1.17. The van der Waals surface area contributed by atoms with Crippen molar-refractivity contribution in [2.75, 3.05) is 11.2 Å². The fourth-order valence-electron chi connectivity index (χ4n) is 2.77. The van der Waals surface area contributed by atoms with E-state index in [-0.39, 0.29) is 5.91 Å². The molecule has 136 valence electrons. The average Bonchev–Trinajstić information content (AvgIpc) is 3.35. The van der Waals surface area contributed by atoms with Gasteiger partial charge in [-0.05, 0) is 42.7 Å². The molecule has 0 saturated heterocycles. The van der Waals surface area contributed by atoms with Gasteiger partial charge in [0.25, 0.3) is 5.91 Å². The highest BCUT2D eigenvalue weighted by Crippen LogP contribution is 2.35. The number of thiazole rings is 1. The van der Waals surface area contributed by atoms with Crippen molar-refractivity contribution in [2.45, 2.75) is 11.4 Å². The van der Waals surface area contributed by atoms with E-state index in [0.717, 1.165) is 9.60 Å². The van der Waals surface area contributed by atoms with Crippen molar-refractivity contribution in [3.05, 3.63) is 77.2 Å². The van der Waals surface area contributed by atoms with Gasteiger partial charge in [0.05, 0.1) is 28.1 Å². The number of hydrogen-bond acceptors (Lipinski definition) is 5. The van der Waals surface area contributed by atoms with Crippen LogP contribution in [0.4, 0.5) is 5.13 Å². The number of hydrogen-bond donors (Lipinski definition) is 0. The second kappa shape index (κ2) is 7.76. The fraction of sp³-hybridized carbons (Fsp3) is 0.100. The number of carbonyl (C=O) groups excluding carboxylic acids is 1. The summed E-state index contributed by atoms with van der Waals surface area (Å²) in [6, 6.07) is 16.9. The molecular weight excluding hydrogens is 400 g/mol. The standard InChI is InChI=1S/C20H15ClN2O2S2/c1-26-16-9-3-2-7-14(16)19(24)23(12-13-6-5-11-25-13)20-22-18-15(21)8-4-10-17(18)27-20/h2-11H,12H2,1H3. The van der Waals surface area contributed by atoms with Gasteiger partial charge in [0, 0.05) is 4.90 Å². The molecule has 0 radical (unpaired) electrons. The topological polar surface area (TPSA) is 46.3 Å². The molecule has 0 bridgehead atoms. The predicted molar refractivity (Wildman–Crippen MR) is 112 cm³/mol. The van der Waals surface area contributed by atoms with Crippen LogP contribution >= 0.6 is 34.7 Å². The summed E-state index contributed by atoms with van der Waals surface area (Å²) in [5.41, 5.74) is 1.34. The average molecular weight is 415 g/mol. The summed E-state index contributed by atoms with van der Waals surface area (Å²) in [4.78, 5) is 20.6. The van der Waals surface area contributed by atoms with E-state index in [0.29, 0.717) is 33.5 Å². The molecule has 2 aromatic heterocycles. The molecule has 7 heteroatoms. The van der Waals surface area contributed by atoms with E-state index in [9.17, 15) is 4.79 Å². The smallest absolute Gasteiger partial charge is 0.261 e. The molecular formula is C20H15ClN2O2S2. The van der Waals surface area contributed by atoms with Gasteiger partial charge >= 0.3 is 0 Å². The van der Waals surface area contributed by atoms with Crippen molar-refractivity contribution in [2.24, 2.45) is 0 Å². The lowest BCUT2D eigenvalue weighted by atomic mass is 10.2. The molecule has 1 amide bonds. The van der Waals surface area contributed by atoms with Crippen LogP contribution < -0.4 is 4.90 Å². The highest BCUT2D eigenvalue weighted by atomic mass is 35.5. The summed E-state index contributed by atoms with van der Waals surface area (Å²) < 4.78 is 6.42. The summed E-state index contributed by atoms with van der Waals surface area (Å²) in [6.07, 6.45) is 3.56. The molecule has 0 saturated carbocycles. The highest BCUT2D eigenvalue weighted by Gasteiger charge is 2.24. The SMILES string of the molecule is CSc1ccccc1C(=O)N(Cc1ccco1)c1nc2c(Cl)cccc2s1. The van der Waals surface area contributed by atoms with Crippen molar-refractivity contribution in [1.29, 1.82) is 0 Å². The Hall–Kier alpha value is -2.28. The van der Waals surface area contributed by atoms with Crippen LogP contribution in [-0.4, -0.2) is 17.1 Å². The maximum atomic E-state index is 13.4. The molecule has 4 rings (SSSR count). The summed E-state index contributed by atoms with van der Waals surface area (Å²) in [6.45, 7) is 0.298. The highest BCUT2D eigenvalue weighted by molar-refractivity contribution is 7.98. The van der Waals surface area contributed by atoms with E-state index >= 15 is 0 Å². The number of furan rings is 1. The molecule has 0 N–H and O–H groups in total. The van der Waals surface area contributed by atoms with Gasteiger partial charge in [-0.2, -0.15) is 0 Å². The molecule has 2 aromatic carbocycles. The molecule has 0 spiro atoms. The minimum atomic E-state index is -0.119. The number of rotatable bonds is 5. The van der Waals surface area contributed by atoms with Gasteiger partial charge < -0.3 is 4.42 Å². The van der Waals surface area contributed by atoms with E-state index in [1.807, 2.05) is 54.8 Å². The second-order valence-electron chi connectivity index (χ2n) is 5.75. The first-order valence-electron chi connectivity index (χ1n) is 8.19. The Kier molecular flexibility index (Phi) is 5.20. The minimum absolute atomic E-state index is 0.119. The van der Waals surface area contributed by atoms with Crippen molar-refractivity contribution in [1.82, 2.24) is 4.98 Å². The Balaban J connectivity index is 1.80. The molecule has 0 aliphatic rings. The first-order valence-corrected chi connectivity index (χ1v) is 10.6. The first kappa shape index (κ1) is 18.1. The zero-order valence-electron chi connectivity index (χ0n) is 14.4. The number of fused-ring (bicyclic) bond motifs is 1. The predicted octanol–water partition coefficient (Wildman–Crippen LogP) is 6.11. The van der Waals surface area contributed by atoms with Crippen molar-refractivity contribution < 1.29 is 9.21 Å². The lowest BCUT2D eigenvalue weighted by Gasteiger charge is -2.20. The number of anilines is 1. The van der Waals surface area contributed by atoms with Gasteiger partial charge in [-0.15, -0.1) is 11.8 Å². The van der Waals surface area contributed by atoms with Gasteiger partial charge in [-0.1, -0.05) is 41.1 Å². The lowest BCUT2D eigenvalue weighted by molar-refractivity contribution is 0.0980. The molecule has 0 fully saturated rings. The van der Waals surface area contributed by atoms with Crippen LogP contribution in [-0.2, 0) is 6.54 Å². The van der Waals surface area contributed by atoms with Crippen molar-refractivity contribution >= 4 is 56.0 Å². The molecule has 4 aromatic rings. The second-order valence-corrected chi connectivity index (χ2v) is 8.02. The summed E-state index contributed by atoms with van der Waals surface area (Å²) >= 11 is 9.26. The quantitative estimate of drug-likeness (QED) is 0.369.